The SMILES string of the molecule is CCCC(CNCC(C)C)Oc1ccc(C)cc1C. The molecule has 1 aromatic rings. The van der Waals surface area contributed by atoms with Gasteiger partial charge in [-0.2, -0.15) is 0 Å². The highest BCUT2D eigenvalue weighted by Crippen LogP contribution is 2.21. The van der Waals surface area contributed by atoms with E-state index in [2.05, 4.69) is 58.1 Å². The molecule has 0 saturated carbocycles. The molecule has 0 aromatic heterocycles. The van der Waals surface area contributed by atoms with Gasteiger partial charge < -0.3 is 10.1 Å². The van der Waals surface area contributed by atoms with E-state index in [-0.39, 0.29) is 6.10 Å². The molecular formula is C17H29NO. The van der Waals surface area contributed by atoms with Crippen LogP contribution in [0, 0.1) is 19.8 Å². The minimum atomic E-state index is 0.269. The zero-order chi connectivity index (χ0) is 14.3. The lowest BCUT2D eigenvalue weighted by atomic mass is 10.1. The van der Waals surface area contributed by atoms with Gasteiger partial charge in [0, 0.05) is 6.54 Å². The first kappa shape index (κ1) is 16.0. The summed E-state index contributed by atoms with van der Waals surface area (Å²) in [5.74, 6) is 1.71. The van der Waals surface area contributed by atoms with Gasteiger partial charge in [0.25, 0.3) is 0 Å². The molecule has 0 fully saturated rings. The van der Waals surface area contributed by atoms with E-state index in [1.165, 1.54) is 11.1 Å². The van der Waals surface area contributed by atoms with Gasteiger partial charge in [-0.25, -0.2) is 0 Å². The van der Waals surface area contributed by atoms with Crippen molar-refractivity contribution in [2.24, 2.45) is 5.92 Å². The lowest BCUT2D eigenvalue weighted by Gasteiger charge is -2.21. The quantitative estimate of drug-likeness (QED) is 0.762. The zero-order valence-electron chi connectivity index (χ0n) is 13.1. The summed E-state index contributed by atoms with van der Waals surface area (Å²) in [5, 5.41) is 3.50. The molecule has 0 aliphatic heterocycles. The molecule has 0 bridgehead atoms. The molecule has 0 saturated heterocycles. The van der Waals surface area contributed by atoms with Crippen molar-refractivity contribution in [3.8, 4) is 5.75 Å². The Morgan fingerprint density at radius 2 is 1.89 bits per heavy atom. The Hall–Kier alpha value is -1.02. The summed E-state index contributed by atoms with van der Waals surface area (Å²) in [7, 11) is 0. The fourth-order valence-corrected chi connectivity index (χ4v) is 2.17. The Labute approximate surface area is 118 Å². The van der Waals surface area contributed by atoms with Crippen LogP contribution < -0.4 is 10.1 Å². The molecule has 0 spiro atoms. The molecule has 0 aliphatic rings. The number of benzene rings is 1. The van der Waals surface area contributed by atoms with Crippen LogP contribution in [0.3, 0.4) is 0 Å². The van der Waals surface area contributed by atoms with Crippen LogP contribution in [-0.2, 0) is 0 Å². The van der Waals surface area contributed by atoms with Gasteiger partial charge in [-0.3, -0.25) is 0 Å². The van der Waals surface area contributed by atoms with Gasteiger partial charge in [0.2, 0.25) is 0 Å². The van der Waals surface area contributed by atoms with E-state index in [0.29, 0.717) is 5.92 Å². The molecule has 0 amide bonds. The lowest BCUT2D eigenvalue weighted by molar-refractivity contribution is 0.184. The van der Waals surface area contributed by atoms with Gasteiger partial charge >= 0.3 is 0 Å². The molecule has 2 nitrogen and oxygen atoms in total. The van der Waals surface area contributed by atoms with E-state index in [9.17, 15) is 0 Å². The van der Waals surface area contributed by atoms with Crippen LogP contribution in [0.4, 0.5) is 0 Å². The fourth-order valence-electron chi connectivity index (χ4n) is 2.17. The number of hydrogen-bond acceptors (Lipinski definition) is 2. The number of nitrogens with one attached hydrogen (secondary N) is 1. The van der Waals surface area contributed by atoms with Gasteiger partial charge in [0.1, 0.15) is 11.9 Å². The van der Waals surface area contributed by atoms with Crippen LogP contribution in [-0.4, -0.2) is 19.2 Å². The van der Waals surface area contributed by atoms with E-state index >= 15 is 0 Å². The van der Waals surface area contributed by atoms with Gasteiger partial charge in [0.05, 0.1) is 0 Å². The van der Waals surface area contributed by atoms with Crippen molar-refractivity contribution in [1.29, 1.82) is 0 Å². The smallest absolute Gasteiger partial charge is 0.122 e. The van der Waals surface area contributed by atoms with Crippen LogP contribution in [0.2, 0.25) is 0 Å². The molecule has 1 atom stereocenters. The average molecular weight is 263 g/mol. The highest BCUT2D eigenvalue weighted by Gasteiger charge is 2.11. The first-order valence-corrected chi connectivity index (χ1v) is 7.47. The van der Waals surface area contributed by atoms with Crippen LogP contribution in [0.5, 0.6) is 5.75 Å². The first-order valence-electron chi connectivity index (χ1n) is 7.47. The van der Waals surface area contributed by atoms with E-state index in [0.717, 1.165) is 31.7 Å². The Balaban J connectivity index is 2.56. The average Bonchev–Trinajstić information content (AvgIpc) is 2.32. The topological polar surface area (TPSA) is 21.3 Å². The Morgan fingerprint density at radius 3 is 2.47 bits per heavy atom. The molecule has 0 heterocycles. The third-order valence-corrected chi connectivity index (χ3v) is 3.16. The number of ether oxygens (including phenoxy) is 1. The molecule has 2 heteroatoms. The van der Waals surface area contributed by atoms with Crippen molar-refractivity contribution in [2.75, 3.05) is 13.1 Å². The Morgan fingerprint density at radius 1 is 1.16 bits per heavy atom. The highest BCUT2D eigenvalue weighted by atomic mass is 16.5. The van der Waals surface area contributed by atoms with Crippen molar-refractivity contribution < 1.29 is 4.74 Å². The third-order valence-electron chi connectivity index (χ3n) is 3.16. The van der Waals surface area contributed by atoms with Crippen LogP contribution in [0.1, 0.15) is 44.7 Å². The number of aryl methyl sites for hydroxylation is 2. The summed E-state index contributed by atoms with van der Waals surface area (Å²) in [4.78, 5) is 0. The van der Waals surface area contributed by atoms with Gasteiger partial charge in [0.15, 0.2) is 0 Å². The molecule has 0 radical (unpaired) electrons. The highest BCUT2D eigenvalue weighted by molar-refractivity contribution is 5.35. The molecule has 0 aliphatic carbocycles. The third kappa shape index (κ3) is 6.11. The van der Waals surface area contributed by atoms with E-state index in [4.69, 9.17) is 4.74 Å². The first-order chi connectivity index (χ1) is 9.02. The molecule has 108 valence electrons. The maximum absolute atomic E-state index is 6.16. The summed E-state index contributed by atoms with van der Waals surface area (Å²) in [6.45, 7) is 12.9. The molecule has 19 heavy (non-hydrogen) atoms. The molecule has 1 rings (SSSR count). The molecular weight excluding hydrogens is 234 g/mol. The molecule has 1 aromatic carbocycles. The molecule has 1 unspecified atom stereocenters. The summed E-state index contributed by atoms with van der Waals surface area (Å²) < 4.78 is 6.16. The second-order valence-corrected chi connectivity index (χ2v) is 5.85. The minimum Gasteiger partial charge on any atom is -0.489 e. The van der Waals surface area contributed by atoms with Gasteiger partial charge in [-0.1, -0.05) is 44.9 Å². The Bertz CT molecular complexity index is 374. The van der Waals surface area contributed by atoms with Gasteiger partial charge in [-0.05, 0) is 44.4 Å². The van der Waals surface area contributed by atoms with Crippen LogP contribution >= 0.6 is 0 Å². The van der Waals surface area contributed by atoms with E-state index < -0.39 is 0 Å². The number of hydrogen-bond donors (Lipinski definition) is 1. The van der Waals surface area contributed by atoms with Gasteiger partial charge in [-0.15, -0.1) is 0 Å². The largest absolute Gasteiger partial charge is 0.489 e. The second kappa shape index (κ2) is 8.21. The Kier molecular flexibility index (Phi) is 6.93. The standard InChI is InChI=1S/C17H29NO/c1-6-7-16(12-18-11-13(2)3)19-17-9-8-14(4)10-15(17)5/h8-10,13,16,18H,6-7,11-12H2,1-5H3. The summed E-state index contributed by atoms with van der Waals surface area (Å²) in [6.07, 6.45) is 2.52. The van der Waals surface area contributed by atoms with Crippen molar-refractivity contribution >= 4 is 0 Å². The van der Waals surface area contributed by atoms with Crippen LogP contribution in [0.25, 0.3) is 0 Å². The van der Waals surface area contributed by atoms with Crippen molar-refractivity contribution in [1.82, 2.24) is 5.32 Å². The summed E-state index contributed by atoms with van der Waals surface area (Å²) in [5.41, 5.74) is 2.51. The predicted octanol–water partition coefficient (Wildman–Crippen LogP) is 4.10. The number of rotatable bonds is 8. The monoisotopic (exact) mass is 263 g/mol. The molecule has 1 N–H and O–H groups in total. The summed E-state index contributed by atoms with van der Waals surface area (Å²) in [6, 6.07) is 6.39. The minimum absolute atomic E-state index is 0.269. The maximum atomic E-state index is 6.16. The van der Waals surface area contributed by atoms with Crippen molar-refractivity contribution in [3.05, 3.63) is 29.3 Å². The van der Waals surface area contributed by atoms with E-state index in [1.807, 2.05) is 0 Å². The second-order valence-electron chi connectivity index (χ2n) is 5.85. The predicted molar refractivity (Wildman–Crippen MR) is 82.9 cm³/mol. The van der Waals surface area contributed by atoms with Crippen molar-refractivity contribution in [3.63, 3.8) is 0 Å². The van der Waals surface area contributed by atoms with Crippen molar-refractivity contribution in [2.45, 2.75) is 53.6 Å². The van der Waals surface area contributed by atoms with Crippen LogP contribution in [0.15, 0.2) is 18.2 Å². The zero-order valence-corrected chi connectivity index (χ0v) is 13.1. The lowest BCUT2D eigenvalue weighted by Crippen LogP contribution is -2.33. The van der Waals surface area contributed by atoms with E-state index in [1.54, 1.807) is 0 Å². The fraction of sp³-hybridized carbons (Fsp3) is 0.647. The normalized spacial score (nSPS) is 12.7. The maximum Gasteiger partial charge on any atom is 0.122 e. The summed E-state index contributed by atoms with van der Waals surface area (Å²) >= 11 is 0.